The van der Waals surface area contributed by atoms with Crippen molar-refractivity contribution in [2.24, 2.45) is 0 Å². The molecular weight excluding hydrogens is 416 g/mol. The number of benzene rings is 1. The van der Waals surface area contributed by atoms with Gasteiger partial charge >= 0.3 is 5.97 Å². The van der Waals surface area contributed by atoms with Crippen molar-refractivity contribution in [3.8, 4) is 0 Å². The van der Waals surface area contributed by atoms with Crippen LogP contribution in [0.4, 0.5) is 5.00 Å². The van der Waals surface area contributed by atoms with Crippen LogP contribution in [-0.2, 0) is 9.47 Å². The molecule has 1 aliphatic heterocycles. The third-order valence-electron chi connectivity index (χ3n) is 4.46. The van der Waals surface area contributed by atoms with E-state index in [0.29, 0.717) is 41.8 Å². The van der Waals surface area contributed by atoms with Gasteiger partial charge in [-0.15, -0.1) is 11.3 Å². The summed E-state index contributed by atoms with van der Waals surface area (Å²) >= 11 is 7.17. The fourth-order valence-electron chi connectivity index (χ4n) is 2.98. The molecule has 154 valence electrons. The fraction of sp³-hybridized carbons (Fsp3) is 0.350. The minimum Gasteiger partial charge on any atom is -0.462 e. The summed E-state index contributed by atoms with van der Waals surface area (Å²) in [5, 5.41) is 3.28. The summed E-state index contributed by atoms with van der Waals surface area (Å²) in [5.74, 6) is -1.25. The van der Waals surface area contributed by atoms with E-state index in [1.807, 2.05) is 0 Å². The standard InChI is InChI=1S/C20H21ClN2O5S/c1-3-28-20(26)15-12(2)16(19(25)23-8-10-27-11-9-23)29-18(15)22-17(24)13-6-4-5-7-14(13)21/h4-7H,3,8-11H2,1-2H3,(H,22,24). The molecule has 0 radical (unpaired) electrons. The number of carbonyl (C=O) groups excluding carboxylic acids is 3. The summed E-state index contributed by atoms with van der Waals surface area (Å²) in [5.41, 5.74) is 0.948. The van der Waals surface area contributed by atoms with Crippen molar-refractivity contribution in [3.05, 3.63) is 50.9 Å². The number of carbonyl (C=O) groups is 3. The van der Waals surface area contributed by atoms with Crippen LogP contribution in [0.3, 0.4) is 0 Å². The van der Waals surface area contributed by atoms with Crippen molar-refractivity contribution in [1.82, 2.24) is 4.90 Å². The average molecular weight is 437 g/mol. The van der Waals surface area contributed by atoms with Gasteiger partial charge in [-0.1, -0.05) is 23.7 Å². The highest BCUT2D eigenvalue weighted by Crippen LogP contribution is 2.35. The molecule has 0 saturated carbocycles. The largest absolute Gasteiger partial charge is 0.462 e. The van der Waals surface area contributed by atoms with Gasteiger partial charge in [-0.05, 0) is 31.5 Å². The van der Waals surface area contributed by atoms with E-state index in [9.17, 15) is 14.4 Å². The van der Waals surface area contributed by atoms with E-state index >= 15 is 0 Å². The quantitative estimate of drug-likeness (QED) is 0.723. The molecule has 0 spiro atoms. The maximum absolute atomic E-state index is 13.0. The van der Waals surface area contributed by atoms with Crippen molar-refractivity contribution < 1.29 is 23.9 Å². The molecule has 0 bridgehead atoms. The van der Waals surface area contributed by atoms with Crippen molar-refractivity contribution in [2.45, 2.75) is 13.8 Å². The van der Waals surface area contributed by atoms with Gasteiger partial charge in [0.15, 0.2) is 0 Å². The van der Waals surface area contributed by atoms with Crippen LogP contribution in [0, 0.1) is 6.92 Å². The van der Waals surface area contributed by atoms with E-state index in [1.165, 1.54) is 0 Å². The molecule has 1 aliphatic rings. The molecule has 1 fully saturated rings. The molecule has 7 nitrogen and oxygen atoms in total. The Kier molecular flexibility index (Phi) is 6.89. The van der Waals surface area contributed by atoms with Crippen LogP contribution >= 0.6 is 22.9 Å². The minimum atomic E-state index is -0.586. The van der Waals surface area contributed by atoms with Gasteiger partial charge in [0.05, 0.1) is 40.8 Å². The lowest BCUT2D eigenvalue weighted by molar-refractivity contribution is 0.0305. The van der Waals surface area contributed by atoms with Gasteiger partial charge in [0, 0.05) is 13.1 Å². The van der Waals surface area contributed by atoms with Crippen LogP contribution in [0.15, 0.2) is 24.3 Å². The van der Waals surface area contributed by atoms with E-state index in [0.717, 1.165) is 11.3 Å². The Hall–Kier alpha value is -2.42. The predicted molar refractivity (Wildman–Crippen MR) is 111 cm³/mol. The van der Waals surface area contributed by atoms with Crippen molar-refractivity contribution in [3.63, 3.8) is 0 Å². The lowest BCUT2D eigenvalue weighted by Crippen LogP contribution is -2.40. The molecule has 1 aromatic carbocycles. The third-order valence-corrected chi connectivity index (χ3v) is 5.99. The summed E-state index contributed by atoms with van der Waals surface area (Å²) < 4.78 is 10.4. The average Bonchev–Trinajstić information content (AvgIpc) is 3.04. The molecule has 0 unspecified atom stereocenters. The second kappa shape index (κ2) is 9.39. The number of amides is 2. The Morgan fingerprint density at radius 1 is 1.24 bits per heavy atom. The number of nitrogens with one attached hydrogen (secondary N) is 1. The number of ether oxygens (including phenoxy) is 2. The highest BCUT2D eigenvalue weighted by atomic mass is 35.5. The molecule has 3 rings (SSSR count). The first-order valence-electron chi connectivity index (χ1n) is 9.17. The molecular formula is C20H21ClN2O5S. The van der Waals surface area contributed by atoms with Gasteiger partial charge in [-0.25, -0.2) is 4.79 Å². The second-order valence-electron chi connectivity index (χ2n) is 6.32. The Morgan fingerprint density at radius 2 is 1.93 bits per heavy atom. The predicted octanol–water partition coefficient (Wildman–Crippen LogP) is 3.61. The van der Waals surface area contributed by atoms with Crippen molar-refractivity contribution in [1.29, 1.82) is 0 Å². The second-order valence-corrected chi connectivity index (χ2v) is 7.75. The van der Waals surface area contributed by atoms with Crippen LogP contribution in [0.25, 0.3) is 0 Å². The molecule has 1 N–H and O–H groups in total. The molecule has 2 aromatic rings. The van der Waals surface area contributed by atoms with Gasteiger partial charge in [-0.3, -0.25) is 9.59 Å². The molecule has 2 heterocycles. The van der Waals surface area contributed by atoms with E-state index in [1.54, 1.807) is 43.0 Å². The smallest absolute Gasteiger partial charge is 0.341 e. The Morgan fingerprint density at radius 3 is 2.59 bits per heavy atom. The first-order chi connectivity index (χ1) is 13.9. The Labute approximate surface area is 177 Å². The highest BCUT2D eigenvalue weighted by molar-refractivity contribution is 7.18. The summed E-state index contributed by atoms with van der Waals surface area (Å²) in [7, 11) is 0. The number of morpholine rings is 1. The number of rotatable bonds is 5. The maximum Gasteiger partial charge on any atom is 0.341 e. The van der Waals surface area contributed by atoms with E-state index in [4.69, 9.17) is 21.1 Å². The Bertz CT molecular complexity index is 937. The summed E-state index contributed by atoms with van der Waals surface area (Å²) in [6.45, 7) is 5.45. The number of hydrogen-bond acceptors (Lipinski definition) is 6. The normalized spacial score (nSPS) is 13.8. The van der Waals surface area contributed by atoms with Crippen LogP contribution in [0.1, 0.15) is 42.9 Å². The van der Waals surface area contributed by atoms with Crippen molar-refractivity contribution >= 4 is 45.7 Å². The van der Waals surface area contributed by atoms with Gasteiger partial charge in [-0.2, -0.15) is 0 Å². The molecule has 0 atom stereocenters. The van der Waals surface area contributed by atoms with Crippen LogP contribution in [-0.4, -0.2) is 55.6 Å². The minimum absolute atomic E-state index is 0.179. The Balaban J connectivity index is 1.96. The zero-order valence-corrected chi connectivity index (χ0v) is 17.7. The summed E-state index contributed by atoms with van der Waals surface area (Å²) in [6.07, 6.45) is 0. The maximum atomic E-state index is 13.0. The molecule has 2 amide bonds. The first-order valence-corrected chi connectivity index (χ1v) is 10.4. The molecule has 1 saturated heterocycles. The fourth-order valence-corrected chi connectivity index (χ4v) is 4.36. The number of thiophene rings is 1. The van der Waals surface area contributed by atoms with Crippen LogP contribution in [0.2, 0.25) is 5.02 Å². The molecule has 29 heavy (non-hydrogen) atoms. The van der Waals surface area contributed by atoms with E-state index in [2.05, 4.69) is 5.32 Å². The topological polar surface area (TPSA) is 84.9 Å². The zero-order valence-electron chi connectivity index (χ0n) is 16.1. The zero-order chi connectivity index (χ0) is 21.0. The van der Waals surface area contributed by atoms with E-state index in [-0.39, 0.29) is 28.6 Å². The molecule has 1 aromatic heterocycles. The summed E-state index contributed by atoms with van der Waals surface area (Å²) in [4.78, 5) is 40.3. The lowest BCUT2D eigenvalue weighted by Gasteiger charge is -2.26. The number of nitrogens with zero attached hydrogens (tertiary/aromatic N) is 1. The molecule has 0 aliphatic carbocycles. The first kappa shape index (κ1) is 21.3. The van der Waals surface area contributed by atoms with Gasteiger partial charge in [0.25, 0.3) is 11.8 Å². The lowest BCUT2D eigenvalue weighted by atomic mass is 10.1. The van der Waals surface area contributed by atoms with E-state index < -0.39 is 11.9 Å². The van der Waals surface area contributed by atoms with Crippen LogP contribution in [0.5, 0.6) is 0 Å². The van der Waals surface area contributed by atoms with Crippen molar-refractivity contribution in [2.75, 3.05) is 38.2 Å². The third kappa shape index (κ3) is 4.60. The number of hydrogen-bond donors (Lipinski definition) is 1. The molecule has 9 heteroatoms. The monoisotopic (exact) mass is 436 g/mol. The van der Waals surface area contributed by atoms with Gasteiger partial charge in [0.2, 0.25) is 0 Å². The van der Waals surface area contributed by atoms with Crippen LogP contribution < -0.4 is 5.32 Å². The number of esters is 1. The number of halogens is 1. The van der Waals surface area contributed by atoms with Gasteiger partial charge < -0.3 is 19.7 Å². The van der Waals surface area contributed by atoms with Gasteiger partial charge in [0.1, 0.15) is 5.00 Å². The number of anilines is 1. The highest BCUT2D eigenvalue weighted by Gasteiger charge is 2.29. The summed E-state index contributed by atoms with van der Waals surface area (Å²) in [6, 6.07) is 6.61. The SMILES string of the molecule is CCOC(=O)c1c(NC(=O)c2ccccc2Cl)sc(C(=O)N2CCOCC2)c1C.